The summed E-state index contributed by atoms with van der Waals surface area (Å²) >= 11 is 0. The number of nitrogens with one attached hydrogen (secondary N) is 1. The lowest BCUT2D eigenvalue weighted by molar-refractivity contribution is 0.280. The minimum atomic E-state index is 0.453. The molecule has 0 saturated heterocycles. The monoisotopic (exact) mass is 195 g/mol. The molecular formula is C10H17N3O. The van der Waals surface area contributed by atoms with E-state index in [1.165, 1.54) is 19.3 Å². The van der Waals surface area contributed by atoms with E-state index in [2.05, 4.69) is 22.4 Å². The maximum absolute atomic E-state index is 5.07. The Kier molecular flexibility index (Phi) is 2.70. The van der Waals surface area contributed by atoms with Crippen LogP contribution in [-0.2, 0) is 6.42 Å². The molecule has 0 spiro atoms. The van der Waals surface area contributed by atoms with Gasteiger partial charge >= 0.3 is 6.01 Å². The minimum Gasteiger partial charge on any atom is -0.335 e. The highest BCUT2D eigenvalue weighted by molar-refractivity contribution is 5.20. The Morgan fingerprint density at radius 2 is 2.36 bits per heavy atom. The Bertz CT molecular complexity index is 293. The van der Waals surface area contributed by atoms with Crippen molar-refractivity contribution < 1.29 is 4.52 Å². The highest BCUT2D eigenvalue weighted by Crippen LogP contribution is 2.30. The van der Waals surface area contributed by atoms with Gasteiger partial charge in [0.15, 0.2) is 5.82 Å². The molecule has 1 heterocycles. The summed E-state index contributed by atoms with van der Waals surface area (Å²) in [4.78, 5) is 4.22. The molecule has 1 aromatic heterocycles. The summed E-state index contributed by atoms with van der Waals surface area (Å²) < 4.78 is 5.07. The summed E-state index contributed by atoms with van der Waals surface area (Å²) in [5, 5.41) is 7.10. The van der Waals surface area contributed by atoms with Crippen molar-refractivity contribution in [2.75, 3.05) is 5.32 Å². The van der Waals surface area contributed by atoms with Crippen LogP contribution in [0.5, 0.6) is 0 Å². The second-order valence-electron chi connectivity index (χ2n) is 3.99. The highest BCUT2D eigenvalue weighted by Gasteiger charge is 2.24. The van der Waals surface area contributed by atoms with Crippen LogP contribution in [-0.4, -0.2) is 16.2 Å². The first-order valence-electron chi connectivity index (χ1n) is 5.38. The molecule has 2 rings (SSSR count). The first kappa shape index (κ1) is 9.49. The molecule has 1 aliphatic carbocycles. The molecule has 4 heteroatoms. The van der Waals surface area contributed by atoms with Crippen LogP contribution in [0.4, 0.5) is 6.01 Å². The van der Waals surface area contributed by atoms with Crippen molar-refractivity contribution in [3.05, 3.63) is 5.82 Å². The van der Waals surface area contributed by atoms with Crippen LogP contribution in [0.25, 0.3) is 0 Å². The normalized spacial score (nSPS) is 19.0. The third-order valence-corrected chi connectivity index (χ3v) is 2.99. The Hall–Kier alpha value is -1.06. The van der Waals surface area contributed by atoms with Crippen molar-refractivity contribution in [3.63, 3.8) is 0 Å². The topological polar surface area (TPSA) is 51.0 Å². The molecule has 0 amide bonds. The molecule has 0 radical (unpaired) electrons. The van der Waals surface area contributed by atoms with E-state index in [1.807, 2.05) is 6.92 Å². The molecular weight excluding hydrogens is 178 g/mol. The molecule has 1 saturated carbocycles. The Labute approximate surface area is 84.1 Å². The van der Waals surface area contributed by atoms with Crippen LogP contribution in [0.3, 0.4) is 0 Å². The Morgan fingerprint density at radius 3 is 2.86 bits per heavy atom. The molecule has 1 atom stereocenters. The van der Waals surface area contributed by atoms with Crippen molar-refractivity contribution in [1.29, 1.82) is 0 Å². The van der Waals surface area contributed by atoms with E-state index in [0.29, 0.717) is 12.1 Å². The number of anilines is 1. The molecule has 1 fully saturated rings. The Balaban J connectivity index is 1.89. The third-order valence-electron chi connectivity index (χ3n) is 2.99. The molecule has 78 valence electrons. The lowest BCUT2D eigenvalue weighted by atomic mass is 9.80. The van der Waals surface area contributed by atoms with E-state index in [9.17, 15) is 0 Å². The van der Waals surface area contributed by atoms with Crippen LogP contribution >= 0.6 is 0 Å². The van der Waals surface area contributed by atoms with E-state index in [0.717, 1.165) is 18.2 Å². The summed E-state index contributed by atoms with van der Waals surface area (Å²) in [6.45, 7) is 4.20. The second kappa shape index (κ2) is 3.98. The van der Waals surface area contributed by atoms with Crippen molar-refractivity contribution in [3.8, 4) is 0 Å². The minimum absolute atomic E-state index is 0.453. The number of hydrogen-bond donors (Lipinski definition) is 1. The van der Waals surface area contributed by atoms with Gasteiger partial charge in [-0.05, 0) is 25.7 Å². The zero-order chi connectivity index (χ0) is 9.97. The predicted octanol–water partition coefficient (Wildman–Crippen LogP) is 2.23. The summed E-state index contributed by atoms with van der Waals surface area (Å²) in [7, 11) is 0. The van der Waals surface area contributed by atoms with Crippen LogP contribution in [0.1, 0.15) is 38.9 Å². The number of hydrogen-bond acceptors (Lipinski definition) is 4. The molecule has 0 aromatic carbocycles. The Morgan fingerprint density at radius 1 is 1.57 bits per heavy atom. The fourth-order valence-corrected chi connectivity index (χ4v) is 1.71. The predicted molar refractivity (Wildman–Crippen MR) is 54.1 cm³/mol. The smallest absolute Gasteiger partial charge is 0.321 e. The summed E-state index contributed by atoms with van der Waals surface area (Å²) in [5.74, 6) is 1.56. The molecule has 4 nitrogen and oxygen atoms in total. The summed E-state index contributed by atoms with van der Waals surface area (Å²) in [6.07, 6.45) is 4.83. The van der Waals surface area contributed by atoms with E-state index in [4.69, 9.17) is 4.52 Å². The zero-order valence-corrected chi connectivity index (χ0v) is 8.79. The van der Waals surface area contributed by atoms with Crippen molar-refractivity contribution in [2.24, 2.45) is 5.92 Å². The SMILES string of the molecule is CCc1noc(NC(C)C2CCC2)n1. The molecule has 0 bridgehead atoms. The van der Waals surface area contributed by atoms with E-state index in [-0.39, 0.29) is 0 Å². The molecule has 0 aliphatic heterocycles. The van der Waals surface area contributed by atoms with Crippen LogP contribution in [0.15, 0.2) is 4.52 Å². The van der Waals surface area contributed by atoms with E-state index >= 15 is 0 Å². The largest absolute Gasteiger partial charge is 0.335 e. The van der Waals surface area contributed by atoms with E-state index in [1.54, 1.807) is 0 Å². The van der Waals surface area contributed by atoms with Crippen molar-refractivity contribution >= 4 is 6.01 Å². The highest BCUT2D eigenvalue weighted by atomic mass is 16.5. The van der Waals surface area contributed by atoms with Crippen molar-refractivity contribution in [1.82, 2.24) is 10.1 Å². The summed E-state index contributed by atoms with van der Waals surface area (Å²) in [5.41, 5.74) is 0. The van der Waals surface area contributed by atoms with Crippen LogP contribution in [0.2, 0.25) is 0 Å². The quantitative estimate of drug-likeness (QED) is 0.800. The van der Waals surface area contributed by atoms with Gasteiger partial charge in [-0.3, -0.25) is 0 Å². The average molecular weight is 195 g/mol. The lowest BCUT2D eigenvalue weighted by Gasteiger charge is -2.31. The molecule has 1 aromatic rings. The average Bonchev–Trinajstić information content (AvgIpc) is 2.48. The maximum atomic E-state index is 5.07. The van der Waals surface area contributed by atoms with Gasteiger partial charge in [0, 0.05) is 12.5 Å². The van der Waals surface area contributed by atoms with Gasteiger partial charge in [0.1, 0.15) is 0 Å². The molecule has 1 aliphatic rings. The fourth-order valence-electron chi connectivity index (χ4n) is 1.71. The van der Waals surface area contributed by atoms with Crippen molar-refractivity contribution in [2.45, 2.75) is 45.6 Å². The lowest BCUT2D eigenvalue weighted by Crippen LogP contribution is -2.30. The second-order valence-corrected chi connectivity index (χ2v) is 3.99. The molecule has 1 unspecified atom stereocenters. The van der Waals surface area contributed by atoms with Gasteiger partial charge in [-0.25, -0.2) is 0 Å². The third kappa shape index (κ3) is 1.89. The van der Waals surface area contributed by atoms with E-state index < -0.39 is 0 Å². The molecule has 1 N–H and O–H groups in total. The van der Waals surface area contributed by atoms with Gasteiger partial charge in [0.2, 0.25) is 0 Å². The number of rotatable bonds is 4. The number of nitrogens with zero attached hydrogens (tertiary/aromatic N) is 2. The first-order valence-corrected chi connectivity index (χ1v) is 5.38. The van der Waals surface area contributed by atoms with Gasteiger partial charge in [0.05, 0.1) is 0 Å². The first-order chi connectivity index (χ1) is 6.79. The van der Waals surface area contributed by atoms with Gasteiger partial charge in [-0.1, -0.05) is 18.5 Å². The summed E-state index contributed by atoms with van der Waals surface area (Å²) in [6, 6.07) is 1.02. The number of aryl methyl sites for hydroxylation is 1. The van der Waals surface area contributed by atoms with Gasteiger partial charge in [0.25, 0.3) is 0 Å². The number of aromatic nitrogens is 2. The van der Waals surface area contributed by atoms with Crippen LogP contribution in [0, 0.1) is 5.92 Å². The maximum Gasteiger partial charge on any atom is 0.321 e. The molecule has 14 heavy (non-hydrogen) atoms. The van der Waals surface area contributed by atoms with Gasteiger partial charge in [-0.15, -0.1) is 0 Å². The van der Waals surface area contributed by atoms with Crippen LogP contribution < -0.4 is 5.32 Å². The standard InChI is InChI=1S/C10H17N3O/c1-3-9-12-10(14-13-9)11-7(2)8-5-4-6-8/h7-8H,3-6H2,1-2H3,(H,11,12,13). The zero-order valence-electron chi connectivity index (χ0n) is 8.79. The fraction of sp³-hybridized carbons (Fsp3) is 0.800. The van der Waals surface area contributed by atoms with Gasteiger partial charge < -0.3 is 9.84 Å². The van der Waals surface area contributed by atoms with Gasteiger partial charge in [-0.2, -0.15) is 4.98 Å².